The zero-order chi connectivity index (χ0) is 26.3. The molecule has 3 N–H and O–H groups in total. The van der Waals surface area contributed by atoms with Crippen LogP contribution in [-0.2, 0) is 0 Å². The second-order valence-electron chi connectivity index (χ2n) is 8.78. The van der Waals surface area contributed by atoms with Crippen LogP contribution in [0.3, 0.4) is 0 Å². The lowest BCUT2D eigenvalue weighted by Gasteiger charge is -2.12. The molecule has 0 saturated carbocycles. The van der Waals surface area contributed by atoms with Gasteiger partial charge >= 0.3 is 0 Å². The minimum atomic E-state index is -0.258. The van der Waals surface area contributed by atoms with Gasteiger partial charge in [0.25, 0.3) is 5.91 Å². The maximum absolute atomic E-state index is 13.0. The summed E-state index contributed by atoms with van der Waals surface area (Å²) in [7, 11) is 0. The van der Waals surface area contributed by atoms with E-state index < -0.39 is 0 Å². The molecule has 0 atom stereocenters. The Morgan fingerprint density at radius 3 is 2.08 bits per heavy atom. The van der Waals surface area contributed by atoms with Crippen LogP contribution in [0, 0.1) is 13.8 Å². The third kappa shape index (κ3) is 6.33. The molecular weight excluding hydrogens is 474 g/mol. The number of nitrogens with one attached hydrogen (secondary N) is 3. The number of carbonyl (C=O) groups is 1. The van der Waals surface area contributed by atoms with Gasteiger partial charge in [-0.2, -0.15) is 4.98 Å². The highest BCUT2D eigenvalue weighted by atomic mass is 16.5. The van der Waals surface area contributed by atoms with E-state index in [1.165, 1.54) is 5.56 Å². The van der Waals surface area contributed by atoms with Gasteiger partial charge in [0.2, 0.25) is 5.95 Å². The minimum Gasteiger partial charge on any atom is -0.457 e. The summed E-state index contributed by atoms with van der Waals surface area (Å²) in [5.74, 6) is 2.07. The Balaban J connectivity index is 1.25. The fraction of sp³-hybridized carbons (Fsp3) is 0.0645. The second-order valence-corrected chi connectivity index (χ2v) is 8.78. The number of carbonyl (C=O) groups excluding carboxylic acids is 1. The van der Waals surface area contributed by atoms with Gasteiger partial charge in [-0.1, -0.05) is 48.0 Å². The first kappa shape index (κ1) is 24.5. The van der Waals surface area contributed by atoms with E-state index in [0.717, 1.165) is 17.1 Å². The lowest BCUT2D eigenvalue weighted by molar-refractivity contribution is 0.102. The molecule has 0 unspecified atom stereocenters. The van der Waals surface area contributed by atoms with Crippen molar-refractivity contribution in [3.63, 3.8) is 0 Å². The molecular formula is C31H27N5O2. The summed E-state index contributed by atoms with van der Waals surface area (Å²) in [6.07, 6.45) is 0. The Bertz CT molecular complexity index is 1540. The van der Waals surface area contributed by atoms with E-state index in [9.17, 15) is 4.79 Å². The molecule has 0 fully saturated rings. The second kappa shape index (κ2) is 11.3. The summed E-state index contributed by atoms with van der Waals surface area (Å²) in [5.41, 5.74) is 4.87. The van der Waals surface area contributed by atoms with Crippen molar-refractivity contribution in [3.05, 3.63) is 126 Å². The molecule has 7 heteroatoms. The zero-order valence-electron chi connectivity index (χ0n) is 21.1. The average molecular weight is 502 g/mol. The highest BCUT2D eigenvalue weighted by molar-refractivity contribution is 6.06. The molecule has 0 saturated heterocycles. The van der Waals surface area contributed by atoms with Crippen molar-refractivity contribution in [3.8, 4) is 11.5 Å². The van der Waals surface area contributed by atoms with Gasteiger partial charge in [0.1, 0.15) is 17.3 Å². The number of ether oxygens (including phenoxy) is 1. The summed E-state index contributed by atoms with van der Waals surface area (Å²) < 4.78 is 5.93. The van der Waals surface area contributed by atoms with Gasteiger partial charge in [0.15, 0.2) is 0 Å². The molecule has 5 rings (SSSR count). The number of aromatic nitrogens is 2. The summed E-state index contributed by atoms with van der Waals surface area (Å²) in [5, 5.41) is 9.49. The monoisotopic (exact) mass is 501 g/mol. The number of anilines is 5. The van der Waals surface area contributed by atoms with Crippen LogP contribution in [0.1, 0.15) is 21.6 Å². The SMILES string of the molecule is Cc1ccc(Nc2cc(C)nc(Nc3ccc(NC(=O)c4ccccc4Oc4ccccc4)cc3)n2)cc1. The van der Waals surface area contributed by atoms with Gasteiger partial charge < -0.3 is 20.7 Å². The molecule has 1 heterocycles. The molecule has 0 spiro atoms. The molecule has 1 aromatic heterocycles. The molecule has 0 aliphatic rings. The molecule has 4 aromatic carbocycles. The molecule has 0 bridgehead atoms. The summed E-state index contributed by atoms with van der Waals surface area (Å²) in [6.45, 7) is 3.97. The van der Waals surface area contributed by atoms with E-state index in [1.807, 2.05) is 104 Å². The van der Waals surface area contributed by atoms with E-state index in [-0.39, 0.29) is 5.91 Å². The van der Waals surface area contributed by atoms with Crippen molar-refractivity contribution < 1.29 is 9.53 Å². The smallest absolute Gasteiger partial charge is 0.259 e. The lowest BCUT2D eigenvalue weighted by atomic mass is 10.1. The van der Waals surface area contributed by atoms with Crippen molar-refractivity contribution >= 4 is 34.7 Å². The summed E-state index contributed by atoms with van der Waals surface area (Å²) in [6, 6.07) is 33.9. The number of hydrogen-bond donors (Lipinski definition) is 3. The number of para-hydroxylation sites is 2. The van der Waals surface area contributed by atoms with Crippen molar-refractivity contribution in [2.75, 3.05) is 16.0 Å². The van der Waals surface area contributed by atoms with Crippen LogP contribution in [0.25, 0.3) is 0 Å². The fourth-order valence-corrected chi connectivity index (χ4v) is 3.80. The van der Waals surface area contributed by atoms with Crippen molar-refractivity contribution in [1.82, 2.24) is 9.97 Å². The van der Waals surface area contributed by atoms with Crippen LogP contribution in [0.5, 0.6) is 11.5 Å². The quantitative estimate of drug-likeness (QED) is 0.203. The van der Waals surface area contributed by atoms with E-state index in [1.54, 1.807) is 12.1 Å². The van der Waals surface area contributed by atoms with E-state index in [4.69, 9.17) is 4.74 Å². The molecule has 7 nitrogen and oxygen atoms in total. The minimum absolute atomic E-state index is 0.258. The topological polar surface area (TPSA) is 88.2 Å². The highest BCUT2D eigenvalue weighted by Gasteiger charge is 2.13. The predicted molar refractivity (Wildman–Crippen MR) is 152 cm³/mol. The maximum Gasteiger partial charge on any atom is 0.259 e. The summed E-state index contributed by atoms with van der Waals surface area (Å²) in [4.78, 5) is 22.1. The Hall–Kier alpha value is -5.17. The molecule has 188 valence electrons. The number of nitrogens with zero attached hydrogens (tertiary/aromatic N) is 2. The number of aryl methyl sites for hydroxylation is 2. The molecule has 0 radical (unpaired) electrons. The van der Waals surface area contributed by atoms with Crippen molar-refractivity contribution in [2.24, 2.45) is 0 Å². The molecule has 1 amide bonds. The van der Waals surface area contributed by atoms with Gasteiger partial charge in [0, 0.05) is 28.8 Å². The zero-order valence-corrected chi connectivity index (χ0v) is 21.1. The van der Waals surface area contributed by atoms with E-state index in [0.29, 0.717) is 34.5 Å². The third-order valence-electron chi connectivity index (χ3n) is 5.68. The Labute approximate surface area is 221 Å². The van der Waals surface area contributed by atoms with Gasteiger partial charge in [-0.05, 0) is 74.5 Å². The van der Waals surface area contributed by atoms with E-state index >= 15 is 0 Å². The Morgan fingerprint density at radius 2 is 1.32 bits per heavy atom. The van der Waals surface area contributed by atoms with Gasteiger partial charge in [-0.25, -0.2) is 4.98 Å². The summed E-state index contributed by atoms with van der Waals surface area (Å²) >= 11 is 0. The average Bonchev–Trinajstić information content (AvgIpc) is 2.92. The Morgan fingerprint density at radius 1 is 0.684 bits per heavy atom. The fourth-order valence-electron chi connectivity index (χ4n) is 3.80. The molecule has 0 aliphatic carbocycles. The predicted octanol–water partition coefficient (Wildman–Crippen LogP) is 7.63. The van der Waals surface area contributed by atoms with Crippen molar-refractivity contribution in [2.45, 2.75) is 13.8 Å². The number of hydrogen-bond acceptors (Lipinski definition) is 6. The van der Waals surface area contributed by atoms with Gasteiger partial charge in [-0.15, -0.1) is 0 Å². The van der Waals surface area contributed by atoms with Crippen LogP contribution in [-0.4, -0.2) is 15.9 Å². The number of rotatable bonds is 8. The van der Waals surface area contributed by atoms with Gasteiger partial charge in [0.05, 0.1) is 5.56 Å². The number of amides is 1. The first-order valence-corrected chi connectivity index (χ1v) is 12.2. The normalized spacial score (nSPS) is 10.5. The Kier molecular flexibility index (Phi) is 7.27. The molecule has 0 aliphatic heterocycles. The van der Waals surface area contributed by atoms with Crippen LogP contribution in [0.15, 0.2) is 109 Å². The maximum atomic E-state index is 13.0. The van der Waals surface area contributed by atoms with Crippen LogP contribution in [0.4, 0.5) is 28.8 Å². The standard InChI is InChI=1S/C31H27N5O2/c1-21-12-14-23(15-13-21)33-29-20-22(2)32-31(36-29)35-25-18-16-24(17-19-25)34-30(37)27-10-6-7-11-28(27)38-26-8-4-3-5-9-26/h3-20H,1-2H3,(H,34,37)(H2,32,33,35,36). The molecule has 38 heavy (non-hydrogen) atoms. The first-order chi connectivity index (χ1) is 18.5. The van der Waals surface area contributed by atoms with Crippen LogP contribution in [0.2, 0.25) is 0 Å². The van der Waals surface area contributed by atoms with Crippen molar-refractivity contribution in [1.29, 1.82) is 0 Å². The van der Waals surface area contributed by atoms with Crippen LogP contribution < -0.4 is 20.7 Å². The van der Waals surface area contributed by atoms with Crippen LogP contribution >= 0.6 is 0 Å². The largest absolute Gasteiger partial charge is 0.457 e. The van der Waals surface area contributed by atoms with E-state index in [2.05, 4.69) is 32.8 Å². The molecule has 5 aromatic rings. The third-order valence-corrected chi connectivity index (χ3v) is 5.68. The number of benzene rings is 4. The van der Waals surface area contributed by atoms with Gasteiger partial charge in [-0.3, -0.25) is 4.79 Å². The lowest BCUT2D eigenvalue weighted by Crippen LogP contribution is -2.13. The first-order valence-electron chi connectivity index (χ1n) is 12.2. The highest BCUT2D eigenvalue weighted by Crippen LogP contribution is 2.26.